The van der Waals surface area contributed by atoms with Gasteiger partial charge in [0, 0.05) is 18.5 Å². The number of halogens is 1. The molecule has 0 N–H and O–H groups in total. The Morgan fingerprint density at radius 3 is 1.79 bits per heavy atom. The number of hydrogen-bond donors (Lipinski definition) is 0. The molecule has 0 saturated carbocycles. The highest BCUT2D eigenvalue weighted by Crippen LogP contribution is 2.18. The van der Waals surface area contributed by atoms with Crippen molar-refractivity contribution in [3.63, 3.8) is 0 Å². The molecule has 0 saturated heterocycles. The van der Waals surface area contributed by atoms with E-state index in [0.717, 1.165) is 37.8 Å². The Bertz CT molecular complexity index is 329. The summed E-state index contributed by atoms with van der Waals surface area (Å²) in [5.41, 5.74) is 0. The topological polar surface area (TPSA) is 27.7 Å². The van der Waals surface area contributed by atoms with Crippen LogP contribution in [0.3, 0.4) is 0 Å². The zero-order valence-electron chi connectivity index (χ0n) is 20.1. The molecule has 0 heterocycles. The molecule has 1 atom stereocenters. The highest BCUT2D eigenvalue weighted by Gasteiger charge is 2.29. The van der Waals surface area contributed by atoms with Gasteiger partial charge in [-0.05, 0) is 45.2 Å². The Hall–Kier alpha value is 0.577. The number of ether oxygens (including phenoxy) is 1. The van der Waals surface area contributed by atoms with Gasteiger partial charge < -0.3 is 13.6 Å². The van der Waals surface area contributed by atoms with Gasteiger partial charge in [-0.3, -0.25) is 0 Å². The molecule has 5 heteroatoms. The Labute approximate surface area is 192 Å². The quantitative estimate of drug-likeness (QED) is 0.0614. The first-order valence-electron chi connectivity index (χ1n) is 12.5. The normalized spacial score (nSPS) is 13.1. The number of rotatable bonds is 23. The van der Waals surface area contributed by atoms with Crippen LogP contribution in [-0.2, 0) is 13.6 Å². The monoisotopic (exact) mass is 494 g/mol. The molecule has 0 aliphatic heterocycles. The molecule has 0 radical (unpaired) electrons. The van der Waals surface area contributed by atoms with Crippen molar-refractivity contribution in [3.05, 3.63) is 0 Å². The second-order valence-electron chi connectivity index (χ2n) is 8.74. The van der Waals surface area contributed by atoms with E-state index >= 15 is 0 Å². The fourth-order valence-corrected chi connectivity index (χ4v) is 5.33. The zero-order valence-corrected chi connectivity index (χ0v) is 22.7. The molecule has 0 aliphatic rings. The minimum Gasteiger partial charge on any atom is -0.394 e. The average Bonchev–Trinajstić information content (AvgIpc) is 2.69. The fraction of sp³-hybridized carbons (Fsp3) is 1.00. The molecule has 0 amide bonds. The van der Waals surface area contributed by atoms with Crippen molar-refractivity contribution in [2.45, 2.75) is 136 Å². The summed E-state index contributed by atoms with van der Waals surface area (Å²) in [7, 11) is -2.13. The maximum Gasteiger partial charge on any atom is 0.333 e. The Morgan fingerprint density at radius 1 is 0.655 bits per heavy atom. The second kappa shape index (κ2) is 21.8. The highest BCUT2D eigenvalue weighted by molar-refractivity contribution is 9.09. The first-order valence-corrected chi connectivity index (χ1v) is 16.5. The van der Waals surface area contributed by atoms with Gasteiger partial charge in [-0.15, -0.1) is 0 Å². The summed E-state index contributed by atoms with van der Waals surface area (Å²) in [6, 6.07) is 0. The molecule has 0 bridgehead atoms. The number of hydrogen-bond acceptors (Lipinski definition) is 3. The minimum atomic E-state index is -2.13. The van der Waals surface area contributed by atoms with E-state index in [9.17, 15) is 0 Å². The Balaban J connectivity index is 4.17. The van der Waals surface area contributed by atoms with E-state index in [0.29, 0.717) is 0 Å². The smallest absolute Gasteiger partial charge is 0.333 e. The van der Waals surface area contributed by atoms with Crippen LogP contribution in [0.15, 0.2) is 0 Å². The molecule has 29 heavy (non-hydrogen) atoms. The molecular weight excluding hydrogens is 444 g/mol. The fourth-order valence-electron chi connectivity index (χ4n) is 3.41. The molecule has 0 rings (SSSR count). The Kier molecular flexibility index (Phi) is 22.2. The summed E-state index contributed by atoms with van der Waals surface area (Å²) in [6.07, 6.45) is 20.0. The van der Waals surface area contributed by atoms with Gasteiger partial charge in [-0.25, -0.2) is 0 Å². The third-order valence-electron chi connectivity index (χ3n) is 5.24. The van der Waals surface area contributed by atoms with Crippen LogP contribution in [0.4, 0.5) is 0 Å². The van der Waals surface area contributed by atoms with Gasteiger partial charge in [0.1, 0.15) is 6.29 Å². The van der Waals surface area contributed by atoms with Gasteiger partial charge in [-0.2, -0.15) is 0 Å². The van der Waals surface area contributed by atoms with Crippen LogP contribution >= 0.6 is 15.9 Å². The van der Waals surface area contributed by atoms with Gasteiger partial charge in [0.25, 0.3) is 0 Å². The lowest BCUT2D eigenvalue weighted by Gasteiger charge is -2.29. The molecular formula is C24H51BrO3Si. The van der Waals surface area contributed by atoms with E-state index in [-0.39, 0.29) is 6.29 Å². The van der Waals surface area contributed by atoms with E-state index in [4.69, 9.17) is 13.6 Å². The van der Waals surface area contributed by atoms with E-state index in [1.54, 1.807) is 0 Å². The highest BCUT2D eigenvalue weighted by atomic mass is 79.9. The summed E-state index contributed by atoms with van der Waals surface area (Å²) in [5, 5.41) is 1.10. The van der Waals surface area contributed by atoms with Crippen LogP contribution in [0, 0.1) is 0 Å². The van der Waals surface area contributed by atoms with Crippen molar-refractivity contribution in [1.29, 1.82) is 0 Å². The third kappa shape index (κ3) is 21.6. The van der Waals surface area contributed by atoms with Crippen molar-refractivity contribution < 1.29 is 13.6 Å². The van der Waals surface area contributed by atoms with Crippen LogP contribution in [0.1, 0.15) is 117 Å². The molecule has 1 unspecified atom stereocenters. The van der Waals surface area contributed by atoms with E-state index in [1.165, 1.54) is 83.5 Å². The maximum absolute atomic E-state index is 6.40. The SMILES string of the molecule is CCCCCCCCOC(CCCCCCC)O[Si](C)(C)OCCCCCCBr. The summed E-state index contributed by atoms with van der Waals surface area (Å²) in [5.74, 6) is 0. The summed E-state index contributed by atoms with van der Waals surface area (Å²) < 4.78 is 18.8. The summed E-state index contributed by atoms with van der Waals surface area (Å²) in [6.45, 7) is 10.5. The number of unbranched alkanes of at least 4 members (excludes halogenated alkanes) is 12. The summed E-state index contributed by atoms with van der Waals surface area (Å²) in [4.78, 5) is 0. The van der Waals surface area contributed by atoms with Gasteiger partial charge in [0.2, 0.25) is 0 Å². The van der Waals surface area contributed by atoms with Gasteiger partial charge in [-0.1, -0.05) is 100 Å². The average molecular weight is 496 g/mol. The van der Waals surface area contributed by atoms with E-state index in [1.807, 2.05) is 0 Å². The van der Waals surface area contributed by atoms with Gasteiger partial charge >= 0.3 is 8.56 Å². The lowest BCUT2D eigenvalue weighted by molar-refractivity contribution is -0.104. The maximum atomic E-state index is 6.40. The van der Waals surface area contributed by atoms with Crippen LogP contribution in [0.5, 0.6) is 0 Å². The molecule has 0 aromatic rings. The number of alkyl halides is 1. The van der Waals surface area contributed by atoms with Crippen molar-refractivity contribution in [1.82, 2.24) is 0 Å². The predicted octanol–water partition coefficient (Wildman–Crippen LogP) is 8.74. The standard InChI is InChI=1S/C24H51BrO3Si/c1-5-7-9-11-14-18-22-26-24(20-16-12-10-8-6-2)28-29(3,4)27-23-19-15-13-17-21-25/h24H,5-23H2,1-4H3. The minimum absolute atomic E-state index is 0.0812. The Morgan fingerprint density at radius 2 is 1.17 bits per heavy atom. The van der Waals surface area contributed by atoms with E-state index < -0.39 is 8.56 Å². The van der Waals surface area contributed by atoms with Crippen LogP contribution in [0.25, 0.3) is 0 Å². The van der Waals surface area contributed by atoms with Crippen molar-refractivity contribution >= 4 is 24.5 Å². The summed E-state index contributed by atoms with van der Waals surface area (Å²) >= 11 is 3.49. The van der Waals surface area contributed by atoms with Crippen molar-refractivity contribution in [3.8, 4) is 0 Å². The molecule has 0 aromatic heterocycles. The molecule has 0 aromatic carbocycles. The lowest BCUT2D eigenvalue weighted by atomic mass is 10.1. The van der Waals surface area contributed by atoms with Crippen LogP contribution in [0.2, 0.25) is 13.1 Å². The lowest BCUT2D eigenvalue weighted by Crippen LogP contribution is -2.40. The second-order valence-corrected chi connectivity index (χ2v) is 12.9. The molecule has 176 valence electrons. The largest absolute Gasteiger partial charge is 0.394 e. The van der Waals surface area contributed by atoms with Crippen molar-refractivity contribution in [2.75, 3.05) is 18.5 Å². The molecule has 3 nitrogen and oxygen atoms in total. The van der Waals surface area contributed by atoms with Crippen LogP contribution in [-0.4, -0.2) is 33.4 Å². The van der Waals surface area contributed by atoms with Gasteiger partial charge in [0.15, 0.2) is 0 Å². The molecule has 0 fully saturated rings. The molecule has 0 aliphatic carbocycles. The van der Waals surface area contributed by atoms with Crippen molar-refractivity contribution in [2.24, 2.45) is 0 Å². The molecule has 0 spiro atoms. The van der Waals surface area contributed by atoms with E-state index in [2.05, 4.69) is 42.9 Å². The zero-order chi connectivity index (χ0) is 21.6. The van der Waals surface area contributed by atoms with Gasteiger partial charge in [0.05, 0.1) is 0 Å². The first kappa shape index (κ1) is 29.6. The first-order chi connectivity index (χ1) is 14.1. The third-order valence-corrected chi connectivity index (χ3v) is 7.53. The van der Waals surface area contributed by atoms with Crippen LogP contribution < -0.4 is 0 Å². The predicted molar refractivity (Wildman–Crippen MR) is 133 cm³/mol.